The number of nitrogens with one attached hydrogen (secondary N) is 1. The Bertz CT molecular complexity index is 1170. The Morgan fingerprint density at radius 3 is 2.03 bits per heavy atom. The van der Waals surface area contributed by atoms with E-state index in [1.807, 2.05) is 0 Å². The molecule has 1 aromatic carbocycles. The fourth-order valence-electron chi connectivity index (χ4n) is 2.96. The third kappa shape index (κ3) is 10.3. The summed E-state index contributed by atoms with van der Waals surface area (Å²) in [5, 5.41) is 2.09. The molecule has 0 spiro atoms. The van der Waals surface area contributed by atoms with Gasteiger partial charge >= 0.3 is 37.3 Å². The van der Waals surface area contributed by atoms with Gasteiger partial charge in [-0.25, -0.2) is 17.3 Å². The zero-order valence-corrected chi connectivity index (χ0v) is 20.0. The minimum absolute atomic E-state index is 0.252. The van der Waals surface area contributed by atoms with Crippen molar-refractivity contribution in [3.05, 3.63) is 35.9 Å². The van der Waals surface area contributed by atoms with E-state index in [2.05, 4.69) is 17.9 Å². The van der Waals surface area contributed by atoms with Gasteiger partial charge in [0.15, 0.2) is 6.29 Å². The normalized spacial score (nSPS) is 25.7. The topological polar surface area (TPSA) is 248 Å². The Kier molecular flexibility index (Phi) is 9.89. The van der Waals surface area contributed by atoms with E-state index in [0.29, 0.717) is 5.56 Å². The summed E-state index contributed by atoms with van der Waals surface area (Å²) in [6.45, 7) is -1.47. The van der Waals surface area contributed by atoms with Crippen molar-refractivity contribution in [1.82, 2.24) is 5.32 Å². The van der Waals surface area contributed by atoms with Crippen LogP contribution in [-0.4, -0.2) is 89.4 Å². The van der Waals surface area contributed by atoms with Crippen molar-refractivity contribution in [3.8, 4) is 0 Å². The maximum atomic E-state index is 12.3. The molecule has 35 heavy (non-hydrogen) atoms. The van der Waals surface area contributed by atoms with Crippen LogP contribution in [0.25, 0.3) is 0 Å². The molecule has 5 atom stereocenters. The van der Waals surface area contributed by atoms with Gasteiger partial charge in [-0.2, -0.15) is 25.3 Å². The van der Waals surface area contributed by atoms with Crippen molar-refractivity contribution < 1.29 is 70.5 Å². The standard InChI is InChI=1S/C15H21NO16S3/c1-27-14-11(16-15(17)28-7-9-5-3-2-4-6-9)13(32-35(24,25)26)12(31-34(21,22)23)10(30-14)8-29-33(18,19)20/h2-6,10-14H,7-8H2,1H3,(H,16,17)(H,18,19,20)(H,21,22,23)(H,24,25,26)/t10-,11-,12-,13-,14-/m1/s1. The molecule has 4 N–H and O–H groups in total. The number of carbonyl (C=O) groups is 1. The molecular formula is C15H21NO16S3. The van der Waals surface area contributed by atoms with Crippen LogP contribution in [0.5, 0.6) is 0 Å². The lowest BCUT2D eigenvalue weighted by Crippen LogP contribution is -2.66. The largest absolute Gasteiger partial charge is 0.445 e. The highest BCUT2D eigenvalue weighted by Crippen LogP contribution is 2.29. The maximum Gasteiger partial charge on any atom is 0.407 e. The number of carbonyl (C=O) groups excluding carboxylic acids is 1. The van der Waals surface area contributed by atoms with E-state index in [0.717, 1.165) is 7.11 Å². The Labute approximate surface area is 200 Å². The first kappa shape index (κ1) is 29.3. The number of rotatable bonds is 11. The molecule has 17 nitrogen and oxygen atoms in total. The highest BCUT2D eigenvalue weighted by Gasteiger charge is 2.52. The van der Waals surface area contributed by atoms with Gasteiger partial charge < -0.3 is 19.5 Å². The van der Waals surface area contributed by atoms with E-state index in [1.165, 1.54) is 0 Å². The van der Waals surface area contributed by atoms with Gasteiger partial charge in [-0.3, -0.25) is 13.7 Å². The van der Waals surface area contributed by atoms with Gasteiger partial charge in [-0.1, -0.05) is 30.3 Å². The fraction of sp³-hybridized carbons (Fsp3) is 0.533. The zero-order valence-electron chi connectivity index (χ0n) is 17.6. The molecule has 0 bridgehead atoms. The summed E-state index contributed by atoms with van der Waals surface area (Å²) in [6.07, 6.45) is -9.41. The van der Waals surface area contributed by atoms with Gasteiger partial charge in [0, 0.05) is 7.11 Å². The summed E-state index contributed by atoms with van der Waals surface area (Å²) in [4.78, 5) is 12.3. The van der Waals surface area contributed by atoms with Crippen LogP contribution in [0.15, 0.2) is 30.3 Å². The molecule has 1 fully saturated rings. The number of hydrogen-bond donors (Lipinski definition) is 4. The lowest BCUT2D eigenvalue weighted by atomic mass is 9.97. The molecule has 1 heterocycles. The summed E-state index contributed by atoms with van der Waals surface area (Å²) in [6, 6.07) is 6.47. The molecule has 0 saturated carbocycles. The molecule has 0 aromatic heterocycles. The van der Waals surface area contributed by atoms with Crippen LogP contribution in [0.3, 0.4) is 0 Å². The molecule has 2 rings (SSSR count). The number of amides is 1. The second-order valence-corrected chi connectivity index (χ2v) is 9.89. The van der Waals surface area contributed by atoms with Crippen molar-refractivity contribution in [2.45, 2.75) is 37.3 Å². The molecule has 1 aliphatic rings. The Morgan fingerprint density at radius 2 is 1.51 bits per heavy atom. The van der Waals surface area contributed by atoms with Crippen LogP contribution in [0, 0.1) is 0 Å². The van der Waals surface area contributed by atoms with Gasteiger partial charge in [0.1, 0.15) is 31.0 Å². The van der Waals surface area contributed by atoms with E-state index < -0.39 is 74.5 Å². The molecule has 1 saturated heterocycles. The molecule has 1 aromatic rings. The first-order valence-electron chi connectivity index (χ1n) is 9.16. The van der Waals surface area contributed by atoms with E-state index in [-0.39, 0.29) is 6.61 Å². The third-order valence-corrected chi connectivity index (χ3v) is 5.59. The van der Waals surface area contributed by atoms with Gasteiger partial charge in [0.2, 0.25) is 0 Å². The average molecular weight is 568 g/mol. The molecule has 0 unspecified atom stereocenters. The van der Waals surface area contributed by atoms with Crippen molar-refractivity contribution in [2.75, 3.05) is 13.7 Å². The van der Waals surface area contributed by atoms with Crippen molar-refractivity contribution >= 4 is 37.3 Å². The predicted molar refractivity (Wildman–Crippen MR) is 110 cm³/mol. The number of methoxy groups -OCH3 is 1. The highest BCUT2D eigenvalue weighted by molar-refractivity contribution is 7.81. The summed E-state index contributed by atoms with van der Waals surface area (Å²) in [7, 11) is -14.9. The fourth-order valence-corrected chi connectivity index (χ4v) is 4.29. The van der Waals surface area contributed by atoms with Gasteiger partial charge in [0.25, 0.3) is 0 Å². The van der Waals surface area contributed by atoms with Crippen LogP contribution in [0.1, 0.15) is 5.56 Å². The van der Waals surface area contributed by atoms with Crippen molar-refractivity contribution in [2.24, 2.45) is 0 Å². The first-order chi connectivity index (χ1) is 16.1. The van der Waals surface area contributed by atoms with Crippen LogP contribution in [-0.2, 0) is 64.6 Å². The van der Waals surface area contributed by atoms with E-state index >= 15 is 0 Å². The minimum atomic E-state index is -5.41. The molecule has 200 valence electrons. The van der Waals surface area contributed by atoms with Gasteiger partial charge in [-0.05, 0) is 5.56 Å². The number of alkyl carbamates (subject to hydrolysis) is 1. The maximum absolute atomic E-state index is 12.3. The van der Waals surface area contributed by atoms with Crippen LogP contribution < -0.4 is 5.32 Å². The predicted octanol–water partition coefficient (Wildman–Crippen LogP) is -1.15. The number of benzene rings is 1. The lowest BCUT2D eigenvalue weighted by molar-refractivity contribution is -0.251. The number of hydrogen-bond acceptors (Lipinski definition) is 13. The molecule has 0 aliphatic carbocycles. The Balaban J connectivity index is 2.36. The summed E-state index contributed by atoms with van der Waals surface area (Å²) in [5.74, 6) is 0. The van der Waals surface area contributed by atoms with Gasteiger partial charge in [-0.15, -0.1) is 0 Å². The Hall–Kier alpha value is -1.98. The second-order valence-electron chi connectivity index (χ2n) is 6.70. The zero-order chi connectivity index (χ0) is 26.4. The molecule has 1 aliphatic heterocycles. The van der Waals surface area contributed by atoms with Crippen LogP contribution in [0.2, 0.25) is 0 Å². The molecule has 20 heteroatoms. The minimum Gasteiger partial charge on any atom is -0.445 e. The summed E-state index contributed by atoms with van der Waals surface area (Å²) >= 11 is 0. The van der Waals surface area contributed by atoms with Crippen molar-refractivity contribution in [3.63, 3.8) is 0 Å². The smallest absolute Gasteiger partial charge is 0.407 e. The molecular weight excluding hydrogens is 546 g/mol. The highest BCUT2D eigenvalue weighted by atomic mass is 32.3. The average Bonchev–Trinajstić information content (AvgIpc) is 2.72. The van der Waals surface area contributed by atoms with E-state index in [4.69, 9.17) is 23.3 Å². The first-order valence-corrected chi connectivity index (χ1v) is 13.3. The Morgan fingerprint density at radius 1 is 0.943 bits per heavy atom. The quantitative estimate of drug-likeness (QED) is 0.230. The summed E-state index contributed by atoms with van der Waals surface area (Å²) < 4.78 is 123. The lowest BCUT2D eigenvalue weighted by Gasteiger charge is -2.43. The second kappa shape index (κ2) is 11.8. The molecule has 1 amide bonds. The van der Waals surface area contributed by atoms with Crippen molar-refractivity contribution in [1.29, 1.82) is 0 Å². The van der Waals surface area contributed by atoms with Crippen LogP contribution >= 0.6 is 0 Å². The number of ether oxygens (including phenoxy) is 3. The SMILES string of the molecule is CO[C@@H]1O[C@H](COS(=O)(=O)O)[C@@H](OS(=O)(=O)O)[C@H](OS(=O)(=O)O)[C@H]1NC(=O)OCc1ccccc1. The monoisotopic (exact) mass is 567 g/mol. The van der Waals surface area contributed by atoms with Crippen LogP contribution in [0.4, 0.5) is 4.79 Å². The van der Waals surface area contributed by atoms with E-state index in [9.17, 15) is 34.6 Å². The van der Waals surface area contributed by atoms with E-state index in [1.54, 1.807) is 30.3 Å². The summed E-state index contributed by atoms with van der Waals surface area (Å²) in [5.41, 5.74) is 0.562. The third-order valence-electron chi connectivity index (χ3n) is 4.22. The van der Waals surface area contributed by atoms with Gasteiger partial charge in [0.05, 0.1) is 6.61 Å². The molecule has 0 radical (unpaired) electrons.